The maximum absolute atomic E-state index is 12.3. The summed E-state index contributed by atoms with van der Waals surface area (Å²) in [4.78, 5) is 23.0. The minimum absolute atomic E-state index is 0.0160. The molecule has 1 aromatic rings. The number of amides is 1. The molecule has 21 heavy (non-hydrogen) atoms. The van der Waals surface area contributed by atoms with Crippen LogP contribution in [0.1, 0.15) is 37.3 Å². The van der Waals surface area contributed by atoms with Gasteiger partial charge in [-0.05, 0) is 36.3 Å². The molecule has 0 saturated carbocycles. The highest BCUT2D eigenvalue weighted by atomic mass is 16.4. The standard InChI is InChI=1S/C17H23NO3/c1-2-12(9-16(19)20)11-18-17(21)15-8-7-13-5-3-4-6-14(13)10-15/h3-6,12,15H,2,7-11H2,1H3,(H,18,21)(H,19,20). The number of carboxylic acids is 1. The largest absolute Gasteiger partial charge is 0.481 e. The number of hydrogen-bond donors (Lipinski definition) is 2. The number of rotatable bonds is 6. The highest BCUT2D eigenvalue weighted by molar-refractivity contribution is 5.79. The summed E-state index contributed by atoms with van der Waals surface area (Å²) in [6, 6.07) is 8.27. The van der Waals surface area contributed by atoms with Crippen LogP contribution in [0, 0.1) is 11.8 Å². The first-order valence-electron chi connectivity index (χ1n) is 7.66. The van der Waals surface area contributed by atoms with Gasteiger partial charge in [-0.15, -0.1) is 0 Å². The van der Waals surface area contributed by atoms with E-state index in [0.717, 1.165) is 25.7 Å². The quantitative estimate of drug-likeness (QED) is 0.845. The molecule has 0 radical (unpaired) electrons. The summed E-state index contributed by atoms with van der Waals surface area (Å²) < 4.78 is 0. The van der Waals surface area contributed by atoms with E-state index in [4.69, 9.17) is 5.11 Å². The molecule has 2 N–H and O–H groups in total. The maximum atomic E-state index is 12.3. The Hall–Kier alpha value is -1.84. The molecule has 1 aliphatic carbocycles. The monoisotopic (exact) mass is 289 g/mol. The van der Waals surface area contributed by atoms with Gasteiger partial charge in [-0.1, -0.05) is 37.6 Å². The van der Waals surface area contributed by atoms with Crippen molar-refractivity contribution in [1.82, 2.24) is 5.32 Å². The molecular weight excluding hydrogens is 266 g/mol. The molecule has 4 nitrogen and oxygen atoms in total. The molecule has 114 valence electrons. The molecule has 0 saturated heterocycles. The van der Waals surface area contributed by atoms with Gasteiger partial charge in [0.25, 0.3) is 0 Å². The molecule has 0 heterocycles. The van der Waals surface area contributed by atoms with Gasteiger partial charge in [0.05, 0.1) is 0 Å². The number of fused-ring (bicyclic) bond motifs is 1. The van der Waals surface area contributed by atoms with Crippen molar-refractivity contribution in [2.24, 2.45) is 11.8 Å². The van der Waals surface area contributed by atoms with Gasteiger partial charge in [0.2, 0.25) is 5.91 Å². The number of aliphatic carboxylic acids is 1. The van der Waals surface area contributed by atoms with Gasteiger partial charge in [0.1, 0.15) is 0 Å². The van der Waals surface area contributed by atoms with Crippen molar-refractivity contribution >= 4 is 11.9 Å². The predicted octanol–water partition coefficient (Wildman–Crippen LogP) is 2.41. The molecule has 0 aliphatic heterocycles. The third kappa shape index (κ3) is 4.31. The van der Waals surface area contributed by atoms with Crippen molar-refractivity contribution < 1.29 is 14.7 Å². The van der Waals surface area contributed by atoms with E-state index in [1.165, 1.54) is 11.1 Å². The minimum Gasteiger partial charge on any atom is -0.481 e. The molecule has 1 amide bonds. The summed E-state index contributed by atoms with van der Waals surface area (Å²) in [5.41, 5.74) is 2.61. The zero-order valence-corrected chi connectivity index (χ0v) is 12.5. The summed E-state index contributed by atoms with van der Waals surface area (Å²) in [5, 5.41) is 11.8. The van der Waals surface area contributed by atoms with Gasteiger partial charge >= 0.3 is 5.97 Å². The molecule has 2 rings (SSSR count). The number of benzene rings is 1. The highest BCUT2D eigenvalue weighted by Crippen LogP contribution is 2.25. The van der Waals surface area contributed by atoms with E-state index in [2.05, 4.69) is 17.4 Å². The Labute approximate surface area is 125 Å². The Morgan fingerprint density at radius 3 is 2.71 bits per heavy atom. The predicted molar refractivity (Wildman–Crippen MR) is 81.0 cm³/mol. The van der Waals surface area contributed by atoms with E-state index in [0.29, 0.717) is 6.54 Å². The highest BCUT2D eigenvalue weighted by Gasteiger charge is 2.24. The SMILES string of the molecule is CCC(CNC(=O)C1CCc2ccccc2C1)CC(=O)O. The number of carboxylic acid groups (broad SMARTS) is 1. The van der Waals surface area contributed by atoms with E-state index in [9.17, 15) is 9.59 Å². The van der Waals surface area contributed by atoms with Crippen molar-refractivity contribution in [3.8, 4) is 0 Å². The minimum atomic E-state index is -0.803. The summed E-state index contributed by atoms with van der Waals surface area (Å²) in [7, 11) is 0. The lowest BCUT2D eigenvalue weighted by Gasteiger charge is -2.24. The average Bonchev–Trinajstić information content (AvgIpc) is 2.50. The normalized spacial score (nSPS) is 18.6. The van der Waals surface area contributed by atoms with Crippen molar-refractivity contribution in [1.29, 1.82) is 0 Å². The van der Waals surface area contributed by atoms with Crippen LogP contribution in [0.4, 0.5) is 0 Å². The van der Waals surface area contributed by atoms with Crippen molar-refractivity contribution in [2.45, 2.75) is 39.0 Å². The fourth-order valence-electron chi connectivity index (χ4n) is 2.92. The second kappa shape index (κ2) is 7.25. The van der Waals surface area contributed by atoms with Gasteiger partial charge in [-0.2, -0.15) is 0 Å². The van der Waals surface area contributed by atoms with Gasteiger partial charge in [-0.25, -0.2) is 0 Å². The Kier molecular flexibility index (Phi) is 5.37. The third-order valence-corrected chi connectivity index (χ3v) is 4.32. The van der Waals surface area contributed by atoms with E-state index in [1.54, 1.807) is 0 Å². The van der Waals surface area contributed by atoms with Gasteiger partial charge in [-0.3, -0.25) is 9.59 Å². The Morgan fingerprint density at radius 1 is 1.33 bits per heavy atom. The lowest BCUT2D eigenvalue weighted by atomic mass is 9.83. The number of carbonyl (C=O) groups is 2. The molecule has 4 heteroatoms. The number of carbonyl (C=O) groups excluding carboxylic acids is 1. The van der Waals surface area contributed by atoms with E-state index >= 15 is 0 Å². The second-order valence-corrected chi connectivity index (χ2v) is 5.83. The van der Waals surface area contributed by atoms with Crippen molar-refractivity contribution in [3.05, 3.63) is 35.4 Å². The van der Waals surface area contributed by atoms with Crippen LogP contribution in [-0.2, 0) is 22.4 Å². The number of aryl methyl sites for hydroxylation is 1. The van der Waals surface area contributed by atoms with Crippen LogP contribution in [0.25, 0.3) is 0 Å². The molecule has 2 atom stereocenters. The van der Waals surface area contributed by atoms with Gasteiger partial charge in [0, 0.05) is 18.9 Å². The fraction of sp³-hybridized carbons (Fsp3) is 0.529. The molecule has 2 unspecified atom stereocenters. The van der Waals surface area contributed by atoms with Crippen LogP contribution in [0.2, 0.25) is 0 Å². The van der Waals surface area contributed by atoms with Crippen molar-refractivity contribution in [2.75, 3.05) is 6.54 Å². The first-order chi connectivity index (χ1) is 10.1. The van der Waals surface area contributed by atoms with Gasteiger partial charge in [0.15, 0.2) is 0 Å². The molecule has 0 bridgehead atoms. The molecule has 0 aromatic heterocycles. The summed E-state index contributed by atoms with van der Waals surface area (Å²) >= 11 is 0. The molecular formula is C17H23NO3. The molecule has 0 spiro atoms. The summed E-state index contributed by atoms with van der Waals surface area (Å²) in [5.74, 6) is -0.708. The smallest absolute Gasteiger partial charge is 0.303 e. The second-order valence-electron chi connectivity index (χ2n) is 5.83. The average molecular weight is 289 g/mol. The van der Waals surface area contributed by atoms with Crippen LogP contribution in [0.15, 0.2) is 24.3 Å². The van der Waals surface area contributed by atoms with E-state index in [1.807, 2.05) is 19.1 Å². The summed E-state index contributed by atoms with van der Waals surface area (Å²) in [6.45, 7) is 2.41. The van der Waals surface area contributed by atoms with Crippen LogP contribution < -0.4 is 5.32 Å². The first kappa shape index (κ1) is 15.5. The Bertz CT molecular complexity index is 513. The zero-order valence-electron chi connectivity index (χ0n) is 12.5. The maximum Gasteiger partial charge on any atom is 0.303 e. The molecule has 1 aliphatic rings. The number of hydrogen-bond acceptors (Lipinski definition) is 2. The molecule has 0 fully saturated rings. The number of nitrogens with one attached hydrogen (secondary N) is 1. The molecule has 1 aromatic carbocycles. The topological polar surface area (TPSA) is 66.4 Å². The van der Waals surface area contributed by atoms with E-state index in [-0.39, 0.29) is 24.2 Å². The lowest BCUT2D eigenvalue weighted by molar-refractivity contribution is -0.138. The van der Waals surface area contributed by atoms with Crippen molar-refractivity contribution in [3.63, 3.8) is 0 Å². The summed E-state index contributed by atoms with van der Waals surface area (Å²) in [6.07, 6.45) is 3.49. The van der Waals surface area contributed by atoms with Gasteiger partial charge < -0.3 is 10.4 Å². The van der Waals surface area contributed by atoms with Crippen LogP contribution in [-0.4, -0.2) is 23.5 Å². The lowest BCUT2D eigenvalue weighted by Crippen LogP contribution is -2.37. The fourth-order valence-corrected chi connectivity index (χ4v) is 2.92. The van der Waals surface area contributed by atoms with Crippen LogP contribution in [0.3, 0.4) is 0 Å². The Morgan fingerprint density at radius 2 is 2.05 bits per heavy atom. The first-order valence-corrected chi connectivity index (χ1v) is 7.66. The van der Waals surface area contributed by atoms with E-state index < -0.39 is 5.97 Å². The van der Waals surface area contributed by atoms with Crippen LogP contribution >= 0.6 is 0 Å². The van der Waals surface area contributed by atoms with Crippen LogP contribution in [0.5, 0.6) is 0 Å². The Balaban J connectivity index is 1.86. The third-order valence-electron chi connectivity index (χ3n) is 4.32. The zero-order chi connectivity index (χ0) is 15.2.